The molecule has 4 rings (SSSR count). The molecule has 3 aliphatic rings. The normalized spacial score (nSPS) is 39.3. The number of esters is 2. The minimum atomic E-state index is -1.11. The first-order valence-corrected chi connectivity index (χ1v) is 10.7. The van der Waals surface area contributed by atoms with Gasteiger partial charge in [-0.25, -0.2) is 0 Å². The summed E-state index contributed by atoms with van der Waals surface area (Å²) in [6, 6.07) is 1.95. The van der Waals surface area contributed by atoms with Crippen LogP contribution in [0.4, 0.5) is 0 Å². The van der Waals surface area contributed by atoms with Crippen molar-refractivity contribution in [3.05, 3.63) is 30.2 Å². The molecule has 6 heteroatoms. The first kappa shape index (κ1) is 21.2. The van der Waals surface area contributed by atoms with Gasteiger partial charge in [-0.2, -0.15) is 0 Å². The molecule has 1 heterocycles. The first-order valence-electron chi connectivity index (χ1n) is 10.7. The summed E-state index contributed by atoms with van der Waals surface area (Å²) in [5, 5.41) is 12.2. The number of furan rings is 1. The van der Waals surface area contributed by atoms with Crippen LogP contribution in [0.1, 0.15) is 65.2 Å². The predicted octanol–water partition coefficient (Wildman–Crippen LogP) is 3.91. The second-order valence-corrected chi connectivity index (χ2v) is 10.1. The van der Waals surface area contributed by atoms with Gasteiger partial charge in [0.15, 0.2) is 0 Å². The van der Waals surface area contributed by atoms with Crippen molar-refractivity contribution in [2.45, 2.75) is 78.1 Å². The molecule has 0 radical (unpaired) electrons. The maximum Gasteiger partial charge on any atom is 0.303 e. The molecule has 0 saturated heterocycles. The molecule has 1 aromatic heterocycles. The van der Waals surface area contributed by atoms with Crippen LogP contribution in [0.2, 0.25) is 0 Å². The second-order valence-electron chi connectivity index (χ2n) is 10.1. The number of ether oxygens (including phenoxy) is 2. The molecule has 3 aliphatic carbocycles. The van der Waals surface area contributed by atoms with E-state index in [1.807, 2.05) is 26.8 Å². The second kappa shape index (κ2) is 6.71. The van der Waals surface area contributed by atoms with Crippen molar-refractivity contribution in [3.8, 4) is 0 Å². The predicted molar refractivity (Wildman–Crippen MR) is 110 cm³/mol. The van der Waals surface area contributed by atoms with Gasteiger partial charge >= 0.3 is 11.9 Å². The lowest BCUT2D eigenvalue weighted by atomic mass is 9.40. The van der Waals surface area contributed by atoms with E-state index in [0.29, 0.717) is 19.3 Å². The van der Waals surface area contributed by atoms with Crippen LogP contribution >= 0.6 is 0 Å². The standard InChI is InChI=1S/C24H32O6/c1-13-16-7-9-24(27)22(4,5)12-20(29-14(2)25)21(30-15(3)26)23(24,6)18(16)11-19-17(13)8-10-28-19/h8,10,16,18,20-21,27H,1,7,9,11-12H2,2-6H3/t16-,18+,20-,21-,23-,24+/m0/s1. The van der Waals surface area contributed by atoms with Gasteiger partial charge < -0.3 is 19.0 Å². The minimum absolute atomic E-state index is 0.0654. The van der Waals surface area contributed by atoms with Crippen molar-refractivity contribution in [2.75, 3.05) is 0 Å². The summed E-state index contributed by atoms with van der Waals surface area (Å²) in [6.45, 7) is 13.1. The van der Waals surface area contributed by atoms with Crippen LogP contribution in [-0.2, 0) is 25.5 Å². The van der Waals surface area contributed by atoms with E-state index < -0.39 is 40.6 Å². The van der Waals surface area contributed by atoms with E-state index in [4.69, 9.17) is 13.9 Å². The zero-order valence-corrected chi connectivity index (χ0v) is 18.5. The lowest BCUT2D eigenvalue weighted by Crippen LogP contribution is -2.74. The van der Waals surface area contributed by atoms with Crippen molar-refractivity contribution >= 4 is 17.5 Å². The van der Waals surface area contributed by atoms with Crippen molar-refractivity contribution in [1.82, 2.24) is 0 Å². The average molecular weight is 417 g/mol. The number of hydrogen-bond donors (Lipinski definition) is 1. The van der Waals surface area contributed by atoms with Crippen LogP contribution in [0.15, 0.2) is 23.3 Å². The summed E-state index contributed by atoms with van der Waals surface area (Å²) in [6.07, 6.45) is 2.69. The van der Waals surface area contributed by atoms with Crippen LogP contribution in [0.3, 0.4) is 0 Å². The van der Waals surface area contributed by atoms with Crippen molar-refractivity contribution in [1.29, 1.82) is 0 Å². The maximum atomic E-state index is 12.2. The fraction of sp³-hybridized carbons (Fsp3) is 0.667. The van der Waals surface area contributed by atoms with Gasteiger partial charge in [0.1, 0.15) is 18.0 Å². The Morgan fingerprint density at radius 1 is 1.20 bits per heavy atom. The van der Waals surface area contributed by atoms with E-state index in [9.17, 15) is 14.7 Å². The molecule has 6 nitrogen and oxygen atoms in total. The fourth-order valence-corrected chi connectivity index (χ4v) is 6.89. The van der Waals surface area contributed by atoms with E-state index in [2.05, 4.69) is 6.58 Å². The monoisotopic (exact) mass is 416 g/mol. The van der Waals surface area contributed by atoms with Gasteiger partial charge in [-0.15, -0.1) is 0 Å². The zero-order chi connectivity index (χ0) is 22.1. The average Bonchev–Trinajstić information content (AvgIpc) is 3.10. The number of carbonyl (C=O) groups excluding carboxylic acids is 2. The highest BCUT2D eigenvalue weighted by atomic mass is 16.6. The van der Waals surface area contributed by atoms with Gasteiger partial charge in [-0.05, 0) is 48.2 Å². The molecule has 30 heavy (non-hydrogen) atoms. The number of carbonyl (C=O) groups is 2. The number of hydrogen-bond acceptors (Lipinski definition) is 6. The molecule has 1 N–H and O–H groups in total. The highest BCUT2D eigenvalue weighted by Gasteiger charge is 2.72. The third kappa shape index (κ3) is 2.72. The van der Waals surface area contributed by atoms with E-state index in [1.165, 1.54) is 13.8 Å². The van der Waals surface area contributed by atoms with Crippen LogP contribution < -0.4 is 0 Å². The van der Waals surface area contributed by atoms with Gasteiger partial charge in [-0.1, -0.05) is 27.4 Å². The Labute approximate surface area is 177 Å². The molecule has 1 aromatic rings. The van der Waals surface area contributed by atoms with Gasteiger partial charge in [0.05, 0.1) is 11.9 Å². The lowest BCUT2D eigenvalue weighted by molar-refractivity contribution is -0.299. The summed E-state index contributed by atoms with van der Waals surface area (Å²) < 4.78 is 17.3. The highest BCUT2D eigenvalue weighted by Crippen LogP contribution is 2.67. The Bertz CT molecular complexity index is 897. The highest BCUT2D eigenvalue weighted by molar-refractivity contribution is 5.70. The van der Waals surface area contributed by atoms with E-state index in [-0.39, 0.29) is 11.8 Å². The Kier molecular flexibility index (Phi) is 4.73. The SMILES string of the molecule is C=C1c2ccoc2C[C@@H]2[C@H]1CC[C@@]1(O)C(C)(C)C[C@H](OC(C)=O)[C@H](OC(C)=O)[C@]21C. The van der Waals surface area contributed by atoms with Crippen LogP contribution in [0.25, 0.3) is 5.57 Å². The van der Waals surface area contributed by atoms with Gasteiger partial charge in [-0.3, -0.25) is 9.59 Å². The lowest BCUT2D eigenvalue weighted by Gasteiger charge is -2.68. The summed E-state index contributed by atoms with van der Waals surface area (Å²) in [5.41, 5.74) is -0.457. The minimum Gasteiger partial charge on any atom is -0.469 e. The first-order chi connectivity index (χ1) is 13.9. The van der Waals surface area contributed by atoms with Crippen molar-refractivity contribution < 1.29 is 28.6 Å². The molecule has 0 aliphatic heterocycles. The number of fused-ring (bicyclic) bond motifs is 4. The Balaban J connectivity index is 1.89. The van der Waals surface area contributed by atoms with Gasteiger partial charge in [0, 0.05) is 31.2 Å². The van der Waals surface area contributed by atoms with E-state index >= 15 is 0 Å². The van der Waals surface area contributed by atoms with Crippen LogP contribution in [-0.4, -0.2) is 34.9 Å². The molecular formula is C24H32O6. The number of allylic oxidation sites excluding steroid dienone is 1. The van der Waals surface area contributed by atoms with E-state index in [0.717, 1.165) is 23.3 Å². The molecule has 0 aromatic carbocycles. The Morgan fingerprint density at radius 2 is 1.87 bits per heavy atom. The molecule has 0 bridgehead atoms. The van der Waals surface area contributed by atoms with Crippen LogP contribution in [0.5, 0.6) is 0 Å². The van der Waals surface area contributed by atoms with Crippen LogP contribution in [0, 0.1) is 22.7 Å². The summed E-state index contributed by atoms with van der Waals surface area (Å²) in [7, 11) is 0. The van der Waals surface area contributed by atoms with Gasteiger partial charge in [0.25, 0.3) is 0 Å². The summed E-state index contributed by atoms with van der Waals surface area (Å²) in [5.74, 6) is 0.0435. The molecular weight excluding hydrogens is 384 g/mol. The Morgan fingerprint density at radius 3 is 2.50 bits per heavy atom. The molecule has 0 amide bonds. The van der Waals surface area contributed by atoms with E-state index in [1.54, 1.807) is 6.26 Å². The molecule has 2 saturated carbocycles. The molecule has 164 valence electrons. The third-order valence-corrected chi connectivity index (χ3v) is 8.28. The maximum absolute atomic E-state index is 12.2. The Hall–Kier alpha value is -2.08. The number of rotatable bonds is 2. The molecule has 6 atom stereocenters. The van der Waals surface area contributed by atoms with Gasteiger partial charge in [0.2, 0.25) is 0 Å². The van der Waals surface area contributed by atoms with Crippen molar-refractivity contribution in [2.24, 2.45) is 22.7 Å². The third-order valence-electron chi connectivity index (χ3n) is 8.28. The molecule has 0 spiro atoms. The largest absolute Gasteiger partial charge is 0.469 e. The topological polar surface area (TPSA) is 86.0 Å². The summed E-state index contributed by atoms with van der Waals surface area (Å²) >= 11 is 0. The van der Waals surface area contributed by atoms with Crippen molar-refractivity contribution in [3.63, 3.8) is 0 Å². The zero-order valence-electron chi connectivity index (χ0n) is 18.5. The molecule has 2 fully saturated rings. The smallest absolute Gasteiger partial charge is 0.303 e. The fourth-order valence-electron chi connectivity index (χ4n) is 6.89. The summed E-state index contributed by atoms with van der Waals surface area (Å²) in [4.78, 5) is 24.0. The number of aliphatic hydroxyl groups is 1. The quantitative estimate of drug-likeness (QED) is 0.736. The molecule has 0 unspecified atom stereocenters.